The molecule has 2 atom stereocenters. The molecule has 6 heteroatoms. The van der Waals surface area contributed by atoms with Gasteiger partial charge in [-0.15, -0.1) is 0 Å². The summed E-state index contributed by atoms with van der Waals surface area (Å²) in [5.41, 5.74) is 2.89. The molecule has 0 spiro atoms. The van der Waals surface area contributed by atoms with Gasteiger partial charge in [-0.2, -0.15) is 0 Å². The number of hydrogen-bond donors (Lipinski definition) is 0. The topological polar surface area (TPSA) is 59.1 Å². The molecule has 4 aromatic carbocycles. The van der Waals surface area contributed by atoms with Gasteiger partial charge in [0.15, 0.2) is 0 Å². The normalized spacial score (nSPS) is 18.7. The zero-order chi connectivity index (χ0) is 29.5. The molecule has 0 saturated carbocycles. The van der Waals surface area contributed by atoms with E-state index in [1.807, 2.05) is 126 Å². The van der Waals surface area contributed by atoms with Crippen LogP contribution in [0.3, 0.4) is 0 Å². The molecule has 0 aromatic heterocycles. The van der Waals surface area contributed by atoms with Crippen molar-refractivity contribution in [3.05, 3.63) is 131 Å². The molecule has 6 nitrogen and oxygen atoms in total. The van der Waals surface area contributed by atoms with Crippen molar-refractivity contribution in [1.82, 2.24) is 9.80 Å². The van der Waals surface area contributed by atoms with Gasteiger partial charge in [-0.3, -0.25) is 9.59 Å². The van der Waals surface area contributed by atoms with Crippen LogP contribution in [0.25, 0.3) is 0 Å². The molecule has 0 unspecified atom stereocenters. The van der Waals surface area contributed by atoms with E-state index in [4.69, 9.17) is 9.47 Å². The lowest BCUT2D eigenvalue weighted by molar-refractivity contribution is -0.173. The highest BCUT2D eigenvalue weighted by Crippen LogP contribution is 2.37. The van der Waals surface area contributed by atoms with E-state index in [9.17, 15) is 9.59 Å². The lowest BCUT2D eigenvalue weighted by atomic mass is 9.80. The zero-order valence-corrected chi connectivity index (χ0v) is 24.5. The minimum absolute atomic E-state index is 0.0290. The van der Waals surface area contributed by atoms with Crippen molar-refractivity contribution in [2.75, 3.05) is 14.2 Å². The molecule has 1 saturated heterocycles. The van der Waals surface area contributed by atoms with Crippen LogP contribution in [0.2, 0.25) is 0 Å². The van der Waals surface area contributed by atoms with Crippen LogP contribution in [-0.4, -0.2) is 47.4 Å². The van der Waals surface area contributed by atoms with Gasteiger partial charge in [0.05, 0.1) is 14.2 Å². The third-order valence-corrected chi connectivity index (χ3v) is 8.31. The van der Waals surface area contributed by atoms with Crippen molar-refractivity contribution >= 4 is 11.8 Å². The molecule has 1 heterocycles. The Bertz CT molecular complexity index is 1470. The van der Waals surface area contributed by atoms with E-state index in [0.29, 0.717) is 32.4 Å². The average molecular weight is 563 g/mol. The fourth-order valence-corrected chi connectivity index (χ4v) is 5.91. The number of piperazine rings is 1. The fraction of sp³-hybridized carbons (Fsp3) is 0.278. The van der Waals surface area contributed by atoms with E-state index in [1.165, 1.54) is 0 Å². The Morgan fingerprint density at radius 2 is 1.14 bits per heavy atom. The van der Waals surface area contributed by atoms with Gasteiger partial charge in [0.25, 0.3) is 0 Å². The second-order valence-corrected chi connectivity index (χ2v) is 10.8. The van der Waals surface area contributed by atoms with Crippen LogP contribution >= 0.6 is 0 Å². The van der Waals surface area contributed by atoms with E-state index in [2.05, 4.69) is 0 Å². The Hall–Kier alpha value is -4.58. The van der Waals surface area contributed by atoms with E-state index in [0.717, 1.165) is 33.8 Å². The highest BCUT2D eigenvalue weighted by Gasteiger charge is 2.55. The van der Waals surface area contributed by atoms with Gasteiger partial charge in [0.1, 0.15) is 23.1 Å². The first-order valence-corrected chi connectivity index (χ1v) is 14.4. The summed E-state index contributed by atoms with van der Waals surface area (Å²) in [5.74, 6) is 1.43. The third-order valence-electron chi connectivity index (χ3n) is 8.31. The van der Waals surface area contributed by atoms with Crippen molar-refractivity contribution in [3.63, 3.8) is 0 Å². The van der Waals surface area contributed by atoms with E-state index >= 15 is 0 Å². The van der Waals surface area contributed by atoms with Crippen LogP contribution in [0.15, 0.2) is 109 Å². The molecule has 216 valence electrons. The number of carbonyl (C=O) groups is 2. The summed E-state index contributed by atoms with van der Waals surface area (Å²) < 4.78 is 10.7. The summed E-state index contributed by atoms with van der Waals surface area (Å²) in [5, 5.41) is 0. The maximum absolute atomic E-state index is 14.9. The average Bonchev–Trinajstić information content (AvgIpc) is 3.04. The largest absolute Gasteiger partial charge is 0.497 e. The summed E-state index contributed by atoms with van der Waals surface area (Å²) in [6.45, 7) is 2.67. The van der Waals surface area contributed by atoms with Crippen molar-refractivity contribution in [2.45, 2.75) is 50.9 Å². The molecule has 5 rings (SSSR count). The maximum atomic E-state index is 14.9. The summed E-state index contributed by atoms with van der Waals surface area (Å²) in [4.78, 5) is 33.4. The monoisotopic (exact) mass is 562 g/mol. The molecule has 1 aliphatic rings. The second-order valence-electron chi connectivity index (χ2n) is 10.8. The second kappa shape index (κ2) is 12.9. The van der Waals surface area contributed by atoms with E-state index < -0.39 is 11.6 Å². The number of nitrogens with zero attached hydrogens (tertiary/aromatic N) is 2. The van der Waals surface area contributed by atoms with Gasteiger partial charge in [0, 0.05) is 25.9 Å². The SMILES string of the molecule is CC[C@@]1(Cc2ccccc2)C(=O)N(Cc2ccc(OC)cc2)[C@H](Cc2ccccc2)C(=O)N1Cc1ccc(OC)cc1. The molecule has 1 aliphatic heterocycles. The highest BCUT2D eigenvalue weighted by atomic mass is 16.5. The summed E-state index contributed by atoms with van der Waals surface area (Å²) in [6.07, 6.45) is 1.36. The quantitative estimate of drug-likeness (QED) is 0.222. The third kappa shape index (κ3) is 6.03. The Balaban J connectivity index is 1.60. The van der Waals surface area contributed by atoms with Gasteiger partial charge in [-0.1, -0.05) is 91.9 Å². The number of ether oxygens (including phenoxy) is 2. The first-order valence-electron chi connectivity index (χ1n) is 14.4. The number of rotatable bonds is 11. The molecule has 0 bridgehead atoms. The molecule has 42 heavy (non-hydrogen) atoms. The lowest BCUT2D eigenvalue weighted by Crippen LogP contribution is -2.72. The molecular formula is C36H38N2O4. The summed E-state index contributed by atoms with van der Waals surface area (Å²) in [7, 11) is 3.27. The number of benzene rings is 4. The van der Waals surface area contributed by atoms with Crippen LogP contribution in [0.1, 0.15) is 35.6 Å². The minimum Gasteiger partial charge on any atom is -0.497 e. The molecule has 2 amide bonds. The number of hydrogen-bond acceptors (Lipinski definition) is 4. The van der Waals surface area contributed by atoms with Crippen molar-refractivity contribution in [3.8, 4) is 11.5 Å². The number of carbonyl (C=O) groups excluding carboxylic acids is 2. The van der Waals surface area contributed by atoms with Crippen molar-refractivity contribution < 1.29 is 19.1 Å². The van der Waals surface area contributed by atoms with Crippen LogP contribution in [0.4, 0.5) is 0 Å². The van der Waals surface area contributed by atoms with Crippen LogP contribution in [-0.2, 0) is 35.5 Å². The Kier molecular flexibility index (Phi) is 8.91. The molecule has 1 fully saturated rings. The van der Waals surface area contributed by atoms with E-state index in [1.54, 1.807) is 14.2 Å². The Labute approximate surface area is 248 Å². The lowest BCUT2D eigenvalue weighted by Gasteiger charge is -2.52. The number of amides is 2. The van der Waals surface area contributed by atoms with Crippen molar-refractivity contribution in [2.24, 2.45) is 0 Å². The first kappa shape index (κ1) is 28.9. The Morgan fingerprint density at radius 3 is 1.64 bits per heavy atom. The molecule has 0 aliphatic carbocycles. The predicted octanol–water partition coefficient (Wildman–Crippen LogP) is 6.08. The number of methoxy groups -OCH3 is 2. The molecule has 0 radical (unpaired) electrons. The fourth-order valence-electron chi connectivity index (χ4n) is 5.91. The zero-order valence-electron chi connectivity index (χ0n) is 24.5. The van der Waals surface area contributed by atoms with Crippen LogP contribution in [0.5, 0.6) is 11.5 Å². The molecular weight excluding hydrogens is 524 g/mol. The van der Waals surface area contributed by atoms with Crippen LogP contribution < -0.4 is 9.47 Å². The highest BCUT2D eigenvalue weighted by molar-refractivity contribution is 6.00. The summed E-state index contributed by atoms with van der Waals surface area (Å²) in [6, 6.07) is 34.7. The predicted molar refractivity (Wildman–Crippen MR) is 164 cm³/mol. The smallest absolute Gasteiger partial charge is 0.249 e. The Morgan fingerprint density at radius 1 is 0.643 bits per heavy atom. The summed E-state index contributed by atoms with van der Waals surface area (Å²) >= 11 is 0. The molecule has 4 aromatic rings. The minimum atomic E-state index is -1.04. The van der Waals surface area contributed by atoms with Gasteiger partial charge in [0.2, 0.25) is 11.8 Å². The van der Waals surface area contributed by atoms with Gasteiger partial charge in [-0.25, -0.2) is 0 Å². The van der Waals surface area contributed by atoms with Gasteiger partial charge in [-0.05, 0) is 52.9 Å². The van der Waals surface area contributed by atoms with Crippen molar-refractivity contribution in [1.29, 1.82) is 0 Å². The standard InChI is InChI=1S/C36H38N2O4/c1-4-36(24-28-13-9-6-10-14-28)35(40)37(25-29-15-19-31(41-2)20-16-29)33(23-27-11-7-5-8-12-27)34(39)38(36)26-30-17-21-32(42-3)22-18-30/h5-22,33H,4,23-26H2,1-3H3/t33-,36-/m1/s1. The van der Waals surface area contributed by atoms with Gasteiger partial charge >= 0.3 is 0 Å². The van der Waals surface area contributed by atoms with E-state index in [-0.39, 0.29) is 11.8 Å². The molecule has 0 N–H and O–H groups in total. The maximum Gasteiger partial charge on any atom is 0.249 e. The van der Waals surface area contributed by atoms with Crippen LogP contribution in [0, 0.1) is 0 Å². The van der Waals surface area contributed by atoms with Gasteiger partial charge < -0.3 is 19.3 Å². The first-order chi connectivity index (χ1) is 20.5.